The molecule has 1 unspecified atom stereocenters. The largest absolute Gasteiger partial charge is 0.497 e. The van der Waals surface area contributed by atoms with Gasteiger partial charge in [-0.15, -0.1) is 0 Å². The zero-order chi connectivity index (χ0) is 22.1. The van der Waals surface area contributed by atoms with Gasteiger partial charge in [0.25, 0.3) is 0 Å². The van der Waals surface area contributed by atoms with Gasteiger partial charge in [-0.1, -0.05) is 32.1 Å². The van der Waals surface area contributed by atoms with Crippen molar-refractivity contribution in [3.8, 4) is 5.75 Å². The van der Waals surface area contributed by atoms with Gasteiger partial charge in [0.1, 0.15) is 5.75 Å². The maximum absolute atomic E-state index is 6.63. The van der Waals surface area contributed by atoms with E-state index in [0.29, 0.717) is 0 Å². The minimum Gasteiger partial charge on any atom is -0.497 e. The third-order valence-corrected chi connectivity index (χ3v) is 7.46. The second-order valence-corrected chi connectivity index (χ2v) is 8.47. The van der Waals surface area contributed by atoms with E-state index >= 15 is 0 Å². The highest BCUT2D eigenvalue weighted by atomic mass is 16.5. The Kier molecular flexibility index (Phi) is 6.02. The van der Waals surface area contributed by atoms with Crippen molar-refractivity contribution < 1.29 is 9.47 Å². The van der Waals surface area contributed by atoms with Crippen molar-refractivity contribution in [1.82, 2.24) is 0 Å². The maximum atomic E-state index is 6.63. The molecule has 31 heavy (non-hydrogen) atoms. The molecule has 0 amide bonds. The Morgan fingerprint density at radius 2 is 1.74 bits per heavy atom. The lowest BCUT2D eigenvalue weighted by Crippen LogP contribution is -2.54. The molecular formula is C27H36N2O2. The second kappa shape index (κ2) is 8.58. The van der Waals surface area contributed by atoms with Gasteiger partial charge in [-0.05, 0) is 74.2 Å². The first kappa shape index (κ1) is 21.8. The fraction of sp³-hybridized carbons (Fsp3) is 0.481. The molecule has 1 fully saturated rings. The van der Waals surface area contributed by atoms with Gasteiger partial charge in [0, 0.05) is 36.4 Å². The number of hydrogen-bond donors (Lipinski definition) is 0. The van der Waals surface area contributed by atoms with E-state index in [1.807, 2.05) is 0 Å². The lowest BCUT2D eigenvalue weighted by atomic mass is 9.69. The average molecular weight is 421 g/mol. The molecule has 2 aliphatic heterocycles. The number of fused-ring (bicyclic) bond motifs is 3. The van der Waals surface area contributed by atoms with Gasteiger partial charge in [0.15, 0.2) is 5.72 Å². The van der Waals surface area contributed by atoms with Gasteiger partial charge in [0.2, 0.25) is 0 Å². The Morgan fingerprint density at radius 3 is 2.35 bits per heavy atom. The van der Waals surface area contributed by atoms with Crippen molar-refractivity contribution in [2.75, 3.05) is 43.2 Å². The fourth-order valence-corrected chi connectivity index (χ4v) is 5.72. The summed E-state index contributed by atoms with van der Waals surface area (Å²) in [5, 5.41) is 0. The molecule has 4 heteroatoms. The van der Waals surface area contributed by atoms with E-state index in [9.17, 15) is 0 Å². The maximum Gasteiger partial charge on any atom is 0.170 e. The topological polar surface area (TPSA) is 24.9 Å². The molecule has 4 nitrogen and oxygen atoms in total. The fourth-order valence-electron chi connectivity index (χ4n) is 5.72. The minimum absolute atomic E-state index is 0.106. The summed E-state index contributed by atoms with van der Waals surface area (Å²) >= 11 is 0. The van der Waals surface area contributed by atoms with E-state index in [0.717, 1.165) is 44.8 Å². The van der Waals surface area contributed by atoms with Crippen molar-refractivity contribution in [1.29, 1.82) is 0 Å². The Hall–Kier alpha value is -2.46. The molecule has 2 aromatic rings. The highest BCUT2D eigenvalue weighted by Gasteiger charge is 2.62. The Morgan fingerprint density at radius 1 is 1.03 bits per heavy atom. The minimum atomic E-state index is -0.456. The van der Waals surface area contributed by atoms with Gasteiger partial charge in [-0.2, -0.15) is 0 Å². The van der Waals surface area contributed by atoms with Crippen LogP contribution in [0, 0.1) is 0 Å². The first-order chi connectivity index (χ1) is 15.1. The molecule has 0 N–H and O–H groups in total. The van der Waals surface area contributed by atoms with E-state index in [-0.39, 0.29) is 5.41 Å². The first-order valence-electron chi connectivity index (χ1n) is 11.7. The molecule has 2 aromatic carbocycles. The van der Waals surface area contributed by atoms with Crippen LogP contribution in [-0.4, -0.2) is 39.1 Å². The molecule has 0 aliphatic carbocycles. The number of ether oxygens (including phenoxy) is 2. The number of rotatable bonds is 8. The van der Waals surface area contributed by atoms with Crippen LogP contribution in [0.1, 0.15) is 51.7 Å². The highest BCUT2D eigenvalue weighted by Crippen LogP contribution is 2.59. The monoisotopic (exact) mass is 420 g/mol. The van der Waals surface area contributed by atoms with Crippen LogP contribution in [-0.2, 0) is 10.2 Å². The van der Waals surface area contributed by atoms with Gasteiger partial charge in [-0.25, -0.2) is 0 Å². The number of hydrogen-bond acceptors (Lipinski definition) is 4. The van der Waals surface area contributed by atoms with Crippen LogP contribution in [0.3, 0.4) is 0 Å². The lowest BCUT2D eigenvalue weighted by Gasteiger charge is -2.43. The van der Waals surface area contributed by atoms with Crippen LogP contribution in [0.2, 0.25) is 0 Å². The van der Waals surface area contributed by atoms with Crippen molar-refractivity contribution in [2.45, 2.75) is 51.7 Å². The van der Waals surface area contributed by atoms with Gasteiger partial charge >= 0.3 is 0 Å². The van der Waals surface area contributed by atoms with Crippen LogP contribution in [0.25, 0.3) is 6.08 Å². The summed E-state index contributed by atoms with van der Waals surface area (Å²) in [6, 6.07) is 15.4. The highest BCUT2D eigenvalue weighted by molar-refractivity contribution is 5.72. The van der Waals surface area contributed by atoms with Gasteiger partial charge in [0.05, 0.1) is 13.7 Å². The molecule has 4 rings (SSSR count). The van der Waals surface area contributed by atoms with E-state index < -0.39 is 5.72 Å². The summed E-state index contributed by atoms with van der Waals surface area (Å²) in [6.45, 7) is 12.7. The van der Waals surface area contributed by atoms with Crippen LogP contribution in [0.15, 0.2) is 48.5 Å². The summed E-state index contributed by atoms with van der Waals surface area (Å²) in [5.41, 5.74) is 4.54. The molecule has 2 heterocycles. The molecule has 2 aliphatic rings. The molecule has 1 saturated heterocycles. The Bertz CT molecular complexity index is 929. The number of anilines is 2. The van der Waals surface area contributed by atoms with Crippen LogP contribution in [0.5, 0.6) is 5.75 Å². The van der Waals surface area contributed by atoms with E-state index in [2.05, 4.69) is 92.1 Å². The predicted octanol–water partition coefficient (Wildman–Crippen LogP) is 5.86. The molecule has 0 bridgehead atoms. The standard InChI is InChI=1S/C27H36N2O2/c1-6-26(7-2)24-20-23(30-5)14-15-25(24)29-18-19-31-27(26,29)17-16-21-10-12-22(13-11-21)28(8-3)9-4/h10-17,20H,6-9,18-19H2,1-5H3/b17-16+. The average Bonchev–Trinajstić information content (AvgIpc) is 3.33. The summed E-state index contributed by atoms with van der Waals surface area (Å²) in [4.78, 5) is 4.84. The molecule has 1 atom stereocenters. The third kappa shape index (κ3) is 3.23. The Labute approximate surface area is 187 Å². The van der Waals surface area contributed by atoms with Crippen LogP contribution in [0.4, 0.5) is 11.4 Å². The third-order valence-electron chi connectivity index (χ3n) is 7.46. The summed E-state index contributed by atoms with van der Waals surface area (Å²) in [7, 11) is 1.74. The normalized spacial score (nSPS) is 21.4. The lowest BCUT2D eigenvalue weighted by molar-refractivity contribution is -0.0171. The zero-order valence-corrected chi connectivity index (χ0v) is 19.6. The zero-order valence-electron chi connectivity index (χ0n) is 19.6. The van der Waals surface area contributed by atoms with Crippen molar-refractivity contribution >= 4 is 17.5 Å². The first-order valence-corrected chi connectivity index (χ1v) is 11.7. The molecular weight excluding hydrogens is 384 g/mol. The van der Waals surface area contributed by atoms with Crippen molar-refractivity contribution in [3.05, 3.63) is 59.7 Å². The van der Waals surface area contributed by atoms with Gasteiger partial charge < -0.3 is 19.3 Å². The molecule has 0 spiro atoms. The number of methoxy groups -OCH3 is 1. The van der Waals surface area contributed by atoms with Gasteiger partial charge in [-0.3, -0.25) is 0 Å². The van der Waals surface area contributed by atoms with Crippen LogP contribution >= 0.6 is 0 Å². The van der Waals surface area contributed by atoms with Crippen molar-refractivity contribution in [3.63, 3.8) is 0 Å². The molecule has 0 saturated carbocycles. The SMILES string of the molecule is CCN(CC)c1ccc(/C=C/C23OCCN2c2ccc(OC)cc2C3(CC)CC)cc1. The van der Waals surface area contributed by atoms with E-state index in [1.165, 1.54) is 22.5 Å². The van der Waals surface area contributed by atoms with E-state index in [4.69, 9.17) is 9.47 Å². The molecule has 0 aromatic heterocycles. The molecule has 0 radical (unpaired) electrons. The summed E-state index contributed by atoms with van der Waals surface area (Å²) in [5.74, 6) is 0.914. The second-order valence-electron chi connectivity index (χ2n) is 8.47. The number of benzene rings is 2. The number of nitrogens with zero attached hydrogens (tertiary/aromatic N) is 2. The van der Waals surface area contributed by atoms with E-state index in [1.54, 1.807) is 7.11 Å². The summed E-state index contributed by atoms with van der Waals surface area (Å²) < 4.78 is 12.2. The predicted molar refractivity (Wildman–Crippen MR) is 130 cm³/mol. The van der Waals surface area contributed by atoms with Crippen molar-refractivity contribution in [2.24, 2.45) is 0 Å². The van der Waals surface area contributed by atoms with Crippen LogP contribution < -0.4 is 14.5 Å². The molecule has 166 valence electrons. The summed E-state index contributed by atoms with van der Waals surface area (Å²) in [6.07, 6.45) is 6.57. The smallest absolute Gasteiger partial charge is 0.170 e. The Balaban J connectivity index is 1.74. The quantitative estimate of drug-likeness (QED) is 0.534.